The monoisotopic (exact) mass is 442 g/mol. The number of nitrogens with zero attached hydrogens (tertiary/aromatic N) is 1. The summed E-state index contributed by atoms with van der Waals surface area (Å²) < 4.78 is 0. The van der Waals surface area contributed by atoms with E-state index in [1.165, 1.54) is 11.1 Å². The van der Waals surface area contributed by atoms with E-state index in [1.807, 2.05) is 18.2 Å². The fourth-order valence-electron chi connectivity index (χ4n) is 4.23. The molecule has 2 N–H and O–H groups in total. The van der Waals surface area contributed by atoms with E-state index in [4.69, 9.17) is 11.6 Å². The maximum atomic E-state index is 10.3. The highest BCUT2D eigenvalue weighted by Crippen LogP contribution is 2.40. The Bertz CT molecular complexity index is 735. The lowest BCUT2D eigenvalue weighted by Gasteiger charge is -2.42. The van der Waals surface area contributed by atoms with Crippen molar-refractivity contribution in [2.24, 2.45) is 5.92 Å². The van der Waals surface area contributed by atoms with Crippen LogP contribution in [-0.4, -0.2) is 48.8 Å². The van der Waals surface area contributed by atoms with Crippen molar-refractivity contribution in [2.75, 3.05) is 32.7 Å². The Hall–Kier alpha value is -0.810. The van der Waals surface area contributed by atoms with Gasteiger partial charge in [0.25, 0.3) is 0 Å². The molecule has 1 saturated heterocycles. The zero-order valence-electron chi connectivity index (χ0n) is 15.9. The molecule has 3 nitrogen and oxygen atoms in total. The zero-order valence-corrected chi connectivity index (χ0v) is 18.3. The molecule has 1 aliphatic heterocycles. The van der Waals surface area contributed by atoms with Gasteiger partial charge in [0.15, 0.2) is 0 Å². The molecule has 0 spiro atoms. The molecule has 154 valence electrons. The Kier molecular flexibility index (Phi) is 9.07. The van der Waals surface area contributed by atoms with Gasteiger partial charge in [-0.2, -0.15) is 0 Å². The number of aliphatic hydroxyl groups excluding tert-OH is 1. The molecule has 1 saturated carbocycles. The van der Waals surface area contributed by atoms with Gasteiger partial charge in [0.1, 0.15) is 0 Å². The van der Waals surface area contributed by atoms with Gasteiger partial charge in [0, 0.05) is 43.7 Å². The number of halogens is 3. The number of rotatable bonds is 5. The molecule has 6 heteroatoms. The summed E-state index contributed by atoms with van der Waals surface area (Å²) in [6.07, 6.45) is 1.94. The molecule has 2 aromatic carbocycles. The maximum Gasteiger partial charge on any atom is 0.0574 e. The van der Waals surface area contributed by atoms with E-state index in [9.17, 15) is 5.11 Å². The summed E-state index contributed by atoms with van der Waals surface area (Å²) in [6, 6.07) is 16.9. The third-order valence-corrected chi connectivity index (χ3v) is 6.20. The van der Waals surface area contributed by atoms with Gasteiger partial charge in [-0.1, -0.05) is 48.0 Å². The van der Waals surface area contributed by atoms with Crippen molar-refractivity contribution >= 4 is 36.4 Å². The van der Waals surface area contributed by atoms with Crippen LogP contribution in [0.15, 0.2) is 48.5 Å². The smallest absolute Gasteiger partial charge is 0.0574 e. The molecule has 4 rings (SSSR count). The molecule has 2 aliphatic rings. The van der Waals surface area contributed by atoms with Crippen LogP contribution in [0.4, 0.5) is 0 Å². The van der Waals surface area contributed by atoms with Crippen LogP contribution < -0.4 is 5.32 Å². The van der Waals surface area contributed by atoms with Gasteiger partial charge in [-0.05, 0) is 47.6 Å². The zero-order chi connectivity index (χ0) is 17.9. The van der Waals surface area contributed by atoms with Crippen molar-refractivity contribution in [1.82, 2.24) is 10.2 Å². The Morgan fingerprint density at radius 3 is 2.29 bits per heavy atom. The Labute approximate surface area is 185 Å². The van der Waals surface area contributed by atoms with Crippen molar-refractivity contribution in [3.05, 3.63) is 59.1 Å². The fraction of sp³-hybridized carbons (Fsp3) is 0.455. The van der Waals surface area contributed by atoms with E-state index in [2.05, 4.69) is 40.5 Å². The first-order valence-corrected chi connectivity index (χ1v) is 10.1. The summed E-state index contributed by atoms with van der Waals surface area (Å²) in [7, 11) is 0. The van der Waals surface area contributed by atoms with Crippen LogP contribution in [-0.2, 0) is 0 Å². The SMILES string of the molecule is Cl.Cl.OC1CCC1C(CN1CCNCC1)c1ccc(-c2cccc(Cl)c2)cc1. The van der Waals surface area contributed by atoms with Crippen molar-refractivity contribution in [3.8, 4) is 11.1 Å². The Morgan fingerprint density at radius 2 is 1.71 bits per heavy atom. The number of piperazine rings is 1. The molecule has 3 atom stereocenters. The van der Waals surface area contributed by atoms with Gasteiger partial charge in [0.2, 0.25) is 0 Å². The summed E-state index contributed by atoms with van der Waals surface area (Å²) in [5, 5.41) is 14.5. The second-order valence-electron chi connectivity index (χ2n) is 7.60. The van der Waals surface area contributed by atoms with Crippen LogP contribution in [0.2, 0.25) is 5.02 Å². The number of benzene rings is 2. The summed E-state index contributed by atoms with van der Waals surface area (Å²) in [4.78, 5) is 2.54. The fourth-order valence-corrected chi connectivity index (χ4v) is 4.42. The molecular formula is C22H29Cl3N2O. The topological polar surface area (TPSA) is 35.5 Å². The minimum absolute atomic E-state index is 0. The standard InChI is InChI=1S/C22H27ClN2O.2ClH/c23-19-3-1-2-18(14-19)16-4-6-17(7-5-16)21(20-8-9-22(20)26)15-25-12-10-24-11-13-25;;/h1-7,14,20-22,24,26H,8-13,15H2;2*1H. The van der Waals surface area contributed by atoms with E-state index in [0.717, 1.165) is 56.2 Å². The third kappa shape index (κ3) is 5.41. The third-order valence-electron chi connectivity index (χ3n) is 5.97. The van der Waals surface area contributed by atoms with Crippen molar-refractivity contribution in [1.29, 1.82) is 0 Å². The Morgan fingerprint density at radius 1 is 1.00 bits per heavy atom. The molecule has 0 amide bonds. The van der Waals surface area contributed by atoms with Crippen LogP contribution in [0.1, 0.15) is 24.3 Å². The summed E-state index contributed by atoms with van der Waals surface area (Å²) in [5.74, 6) is 0.798. The minimum Gasteiger partial charge on any atom is -0.393 e. The van der Waals surface area contributed by atoms with Crippen LogP contribution >= 0.6 is 36.4 Å². The van der Waals surface area contributed by atoms with Gasteiger partial charge in [-0.25, -0.2) is 0 Å². The molecule has 3 unspecified atom stereocenters. The normalized spacial score (nSPS) is 23.1. The molecule has 0 aromatic heterocycles. The van der Waals surface area contributed by atoms with Crippen molar-refractivity contribution < 1.29 is 5.11 Å². The number of aliphatic hydroxyl groups is 1. The van der Waals surface area contributed by atoms with Gasteiger partial charge in [-0.15, -0.1) is 24.8 Å². The largest absolute Gasteiger partial charge is 0.393 e. The molecule has 28 heavy (non-hydrogen) atoms. The molecule has 0 bridgehead atoms. The van der Waals surface area contributed by atoms with E-state index in [1.54, 1.807) is 0 Å². The second-order valence-corrected chi connectivity index (χ2v) is 8.03. The average molecular weight is 444 g/mol. The van der Waals surface area contributed by atoms with Crippen LogP contribution in [0.3, 0.4) is 0 Å². The molecule has 1 heterocycles. The molecular weight excluding hydrogens is 415 g/mol. The first kappa shape index (κ1) is 23.5. The Balaban J connectivity index is 0.00000140. The number of hydrogen-bond donors (Lipinski definition) is 2. The maximum absolute atomic E-state index is 10.3. The van der Waals surface area contributed by atoms with Crippen LogP contribution in [0.5, 0.6) is 0 Å². The summed E-state index contributed by atoms with van der Waals surface area (Å²) in [5.41, 5.74) is 3.68. The lowest BCUT2D eigenvalue weighted by atomic mass is 9.70. The van der Waals surface area contributed by atoms with Crippen LogP contribution in [0, 0.1) is 5.92 Å². The lowest BCUT2D eigenvalue weighted by Crippen LogP contribution is -2.47. The van der Waals surface area contributed by atoms with Crippen molar-refractivity contribution in [2.45, 2.75) is 24.9 Å². The van der Waals surface area contributed by atoms with Crippen LogP contribution in [0.25, 0.3) is 11.1 Å². The summed E-state index contributed by atoms with van der Waals surface area (Å²) >= 11 is 6.13. The van der Waals surface area contributed by atoms with Gasteiger partial charge in [0.05, 0.1) is 6.10 Å². The first-order chi connectivity index (χ1) is 12.7. The van der Waals surface area contributed by atoms with E-state index < -0.39 is 0 Å². The molecule has 1 aliphatic carbocycles. The van der Waals surface area contributed by atoms with E-state index >= 15 is 0 Å². The van der Waals surface area contributed by atoms with Gasteiger partial charge >= 0.3 is 0 Å². The van der Waals surface area contributed by atoms with Gasteiger partial charge < -0.3 is 15.3 Å². The number of hydrogen-bond acceptors (Lipinski definition) is 3. The van der Waals surface area contributed by atoms with E-state index in [0.29, 0.717) is 11.8 Å². The molecule has 2 aromatic rings. The molecule has 2 fully saturated rings. The highest BCUT2D eigenvalue weighted by Gasteiger charge is 2.37. The average Bonchev–Trinajstić information content (AvgIpc) is 2.67. The minimum atomic E-state index is -0.143. The molecule has 0 radical (unpaired) electrons. The predicted octanol–water partition coefficient (Wildman–Crippen LogP) is 4.61. The lowest BCUT2D eigenvalue weighted by molar-refractivity contribution is 0.000671. The van der Waals surface area contributed by atoms with E-state index in [-0.39, 0.29) is 30.9 Å². The number of nitrogens with one attached hydrogen (secondary N) is 1. The highest BCUT2D eigenvalue weighted by atomic mass is 35.5. The predicted molar refractivity (Wildman–Crippen MR) is 122 cm³/mol. The van der Waals surface area contributed by atoms with Crippen molar-refractivity contribution in [3.63, 3.8) is 0 Å². The quantitative estimate of drug-likeness (QED) is 0.708. The highest BCUT2D eigenvalue weighted by molar-refractivity contribution is 6.30. The second kappa shape index (κ2) is 10.8. The van der Waals surface area contributed by atoms with Gasteiger partial charge in [-0.3, -0.25) is 0 Å². The first-order valence-electron chi connectivity index (χ1n) is 9.68. The summed E-state index contributed by atoms with van der Waals surface area (Å²) in [6.45, 7) is 5.36.